The largest absolute Gasteiger partial charge is 0.507 e. The normalized spacial score (nSPS) is 10.9. The molecule has 1 aromatic carbocycles. The van der Waals surface area contributed by atoms with Crippen LogP contribution in [0.4, 0.5) is 4.39 Å². The summed E-state index contributed by atoms with van der Waals surface area (Å²) in [5.41, 5.74) is 0.0531. The molecule has 0 unspecified atom stereocenters. The maximum atomic E-state index is 13.0. The van der Waals surface area contributed by atoms with Gasteiger partial charge < -0.3 is 5.11 Å². The van der Waals surface area contributed by atoms with Crippen molar-refractivity contribution >= 4 is 5.78 Å². The summed E-state index contributed by atoms with van der Waals surface area (Å²) in [6, 6.07) is 3.42. The van der Waals surface area contributed by atoms with E-state index in [2.05, 4.69) is 6.92 Å². The van der Waals surface area contributed by atoms with Gasteiger partial charge in [-0.15, -0.1) is 0 Å². The molecular weight excluding hydrogens is 233 g/mol. The highest BCUT2D eigenvalue weighted by molar-refractivity contribution is 5.99. The molecule has 0 saturated carbocycles. The van der Waals surface area contributed by atoms with E-state index in [0.717, 1.165) is 37.9 Å². The number of Topliss-reactive ketones (excluding diaryl/α,β-unsaturated/α-hetero) is 1. The summed E-state index contributed by atoms with van der Waals surface area (Å²) in [4.78, 5) is 13.8. The SMILES string of the molecule is CCCCCN(C)CC(=O)c1cc(F)ccc1O. The molecule has 0 atom stereocenters. The zero-order chi connectivity index (χ0) is 13.5. The minimum Gasteiger partial charge on any atom is -0.507 e. The minimum absolute atomic E-state index is 0.0531. The lowest BCUT2D eigenvalue weighted by Crippen LogP contribution is -2.27. The van der Waals surface area contributed by atoms with Crippen LogP contribution in [0.1, 0.15) is 36.5 Å². The number of hydrogen-bond acceptors (Lipinski definition) is 3. The van der Waals surface area contributed by atoms with Crippen LogP contribution in [0.25, 0.3) is 0 Å². The van der Waals surface area contributed by atoms with E-state index < -0.39 is 5.82 Å². The smallest absolute Gasteiger partial charge is 0.180 e. The van der Waals surface area contributed by atoms with E-state index >= 15 is 0 Å². The summed E-state index contributed by atoms with van der Waals surface area (Å²) >= 11 is 0. The van der Waals surface area contributed by atoms with Crippen molar-refractivity contribution in [1.82, 2.24) is 4.90 Å². The second-order valence-electron chi connectivity index (χ2n) is 4.53. The average Bonchev–Trinajstić information content (AvgIpc) is 2.32. The number of likely N-dealkylation sites (N-methyl/N-ethyl adjacent to an activating group) is 1. The van der Waals surface area contributed by atoms with Crippen molar-refractivity contribution in [3.63, 3.8) is 0 Å². The quantitative estimate of drug-likeness (QED) is 0.600. The maximum absolute atomic E-state index is 13.0. The number of halogens is 1. The van der Waals surface area contributed by atoms with Crippen LogP contribution in [-0.2, 0) is 0 Å². The first-order chi connectivity index (χ1) is 8.54. The summed E-state index contributed by atoms with van der Waals surface area (Å²) < 4.78 is 13.0. The summed E-state index contributed by atoms with van der Waals surface area (Å²) in [7, 11) is 1.85. The zero-order valence-corrected chi connectivity index (χ0v) is 10.9. The van der Waals surface area contributed by atoms with Crippen molar-refractivity contribution in [2.75, 3.05) is 20.1 Å². The third-order valence-electron chi connectivity index (χ3n) is 2.82. The third kappa shape index (κ3) is 4.45. The molecule has 1 rings (SSSR count). The van der Waals surface area contributed by atoms with Crippen LogP contribution in [0.15, 0.2) is 18.2 Å². The van der Waals surface area contributed by atoms with Crippen molar-refractivity contribution < 1.29 is 14.3 Å². The first-order valence-electron chi connectivity index (χ1n) is 6.25. The van der Waals surface area contributed by atoms with Gasteiger partial charge in [0.2, 0.25) is 0 Å². The molecule has 0 radical (unpaired) electrons. The molecule has 0 aliphatic carbocycles. The monoisotopic (exact) mass is 253 g/mol. The molecule has 0 fully saturated rings. The van der Waals surface area contributed by atoms with Gasteiger partial charge in [-0.2, -0.15) is 0 Å². The number of phenolic OH excluding ortho intramolecular Hbond substituents is 1. The Hall–Kier alpha value is -1.42. The van der Waals surface area contributed by atoms with Gasteiger partial charge in [-0.25, -0.2) is 4.39 Å². The highest BCUT2D eigenvalue weighted by Crippen LogP contribution is 2.18. The molecular formula is C14H20FNO2. The molecule has 4 heteroatoms. The van der Waals surface area contributed by atoms with Crippen molar-refractivity contribution in [2.24, 2.45) is 0 Å². The van der Waals surface area contributed by atoms with E-state index in [0.29, 0.717) is 0 Å². The standard InChI is InChI=1S/C14H20FNO2/c1-3-4-5-8-16(2)10-14(18)12-9-11(15)6-7-13(12)17/h6-7,9,17H,3-5,8,10H2,1-2H3. The fraction of sp³-hybridized carbons (Fsp3) is 0.500. The van der Waals surface area contributed by atoms with Crippen LogP contribution in [0.2, 0.25) is 0 Å². The van der Waals surface area contributed by atoms with Gasteiger partial charge in [0.15, 0.2) is 5.78 Å². The Labute approximate surface area is 107 Å². The van der Waals surface area contributed by atoms with Crippen LogP contribution in [0.5, 0.6) is 5.75 Å². The average molecular weight is 253 g/mol. The van der Waals surface area contributed by atoms with Crippen LogP contribution >= 0.6 is 0 Å². The second kappa shape index (κ2) is 7.11. The van der Waals surface area contributed by atoms with Crippen molar-refractivity contribution in [3.05, 3.63) is 29.6 Å². The topological polar surface area (TPSA) is 40.5 Å². The Morgan fingerprint density at radius 2 is 2.11 bits per heavy atom. The van der Waals surface area contributed by atoms with E-state index in [-0.39, 0.29) is 23.6 Å². The van der Waals surface area contributed by atoms with Crippen LogP contribution < -0.4 is 0 Å². The summed E-state index contributed by atoms with van der Waals surface area (Å²) in [6.45, 7) is 3.15. The van der Waals surface area contributed by atoms with Gasteiger partial charge in [-0.3, -0.25) is 9.69 Å². The fourth-order valence-electron chi connectivity index (χ4n) is 1.77. The lowest BCUT2D eigenvalue weighted by molar-refractivity contribution is 0.0942. The molecule has 0 saturated heterocycles. The number of aromatic hydroxyl groups is 1. The highest BCUT2D eigenvalue weighted by atomic mass is 19.1. The molecule has 3 nitrogen and oxygen atoms in total. The molecule has 100 valence electrons. The Kier molecular flexibility index (Phi) is 5.78. The molecule has 1 aromatic rings. The van der Waals surface area contributed by atoms with Gasteiger partial charge in [-0.1, -0.05) is 19.8 Å². The number of benzene rings is 1. The van der Waals surface area contributed by atoms with E-state index in [4.69, 9.17) is 0 Å². The number of carbonyl (C=O) groups excluding carboxylic acids is 1. The number of rotatable bonds is 7. The maximum Gasteiger partial charge on any atom is 0.180 e. The van der Waals surface area contributed by atoms with Crippen molar-refractivity contribution in [1.29, 1.82) is 0 Å². The Balaban J connectivity index is 2.56. The van der Waals surface area contributed by atoms with Gasteiger partial charge in [0, 0.05) is 0 Å². The molecule has 0 amide bonds. The van der Waals surface area contributed by atoms with E-state index in [1.165, 1.54) is 6.07 Å². The molecule has 0 aliphatic heterocycles. The summed E-state index contributed by atoms with van der Waals surface area (Å²) in [6.07, 6.45) is 3.30. The molecule has 0 spiro atoms. The molecule has 0 aliphatic rings. The van der Waals surface area contributed by atoms with E-state index in [1.807, 2.05) is 11.9 Å². The van der Waals surface area contributed by atoms with Crippen LogP contribution in [0.3, 0.4) is 0 Å². The molecule has 0 bridgehead atoms. The Morgan fingerprint density at radius 3 is 2.78 bits per heavy atom. The van der Waals surface area contributed by atoms with Crippen molar-refractivity contribution in [3.8, 4) is 5.75 Å². The minimum atomic E-state index is -0.509. The lowest BCUT2D eigenvalue weighted by atomic mass is 10.1. The number of hydrogen-bond donors (Lipinski definition) is 1. The van der Waals surface area contributed by atoms with E-state index in [9.17, 15) is 14.3 Å². The van der Waals surface area contributed by atoms with Gasteiger partial charge >= 0.3 is 0 Å². The number of carbonyl (C=O) groups is 1. The van der Waals surface area contributed by atoms with Gasteiger partial charge in [-0.05, 0) is 38.2 Å². The van der Waals surface area contributed by atoms with Gasteiger partial charge in [0.1, 0.15) is 11.6 Å². The zero-order valence-electron chi connectivity index (χ0n) is 10.9. The van der Waals surface area contributed by atoms with Crippen LogP contribution in [-0.4, -0.2) is 35.9 Å². The fourth-order valence-corrected chi connectivity index (χ4v) is 1.77. The Morgan fingerprint density at radius 1 is 1.39 bits per heavy atom. The predicted octanol–water partition coefficient (Wildman–Crippen LogP) is 2.84. The lowest BCUT2D eigenvalue weighted by Gasteiger charge is -2.15. The number of nitrogens with zero attached hydrogens (tertiary/aromatic N) is 1. The summed E-state index contributed by atoms with van der Waals surface area (Å²) in [5, 5.41) is 9.53. The van der Waals surface area contributed by atoms with Crippen LogP contribution in [0, 0.1) is 5.82 Å². The number of phenols is 1. The second-order valence-corrected chi connectivity index (χ2v) is 4.53. The summed E-state index contributed by atoms with van der Waals surface area (Å²) in [5.74, 6) is -0.931. The molecule has 0 heterocycles. The molecule has 18 heavy (non-hydrogen) atoms. The van der Waals surface area contributed by atoms with Gasteiger partial charge in [0.05, 0.1) is 12.1 Å². The van der Waals surface area contributed by atoms with E-state index in [1.54, 1.807) is 0 Å². The molecule has 0 aromatic heterocycles. The molecule has 1 N–H and O–H groups in total. The highest BCUT2D eigenvalue weighted by Gasteiger charge is 2.14. The third-order valence-corrected chi connectivity index (χ3v) is 2.82. The number of unbranched alkanes of at least 4 members (excludes halogenated alkanes) is 2. The first-order valence-corrected chi connectivity index (χ1v) is 6.25. The Bertz CT molecular complexity index is 407. The first kappa shape index (κ1) is 14.6. The number of ketones is 1. The van der Waals surface area contributed by atoms with Crippen molar-refractivity contribution in [2.45, 2.75) is 26.2 Å². The predicted molar refractivity (Wildman–Crippen MR) is 69.4 cm³/mol. The van der Waals surface area contributed by atoms with Gasteiger partial charge in [0.25, 0.3) is 0 Å².